The van der Waals surface area contributed by atoms with Gasteiger partial charge < -0.3 is 5.32 Å². The Morgan fingerprint density at radius 2 is 2.11 bits per heavy atom. The van der Waals surface area contributed by atoms with Gasteiger partial charge in [0.25, 0.3) is 0 Å². The topological polar surface area (TPSA) is 12.0 Å². The second kappa shape index (κ2) is 9.17. The van der Waals surface area contributed by atoms with Crippen LogP contribution in [0.4, 0.5) is 0 Å². The molecule has 1 nitrogen and oxygen atoms in total. The molecule has 0 fully saturated rings. The monoisotopic (exact) mass is 279 g/mol. The third kappa shape index (κ3) is 5.38. The molecular weight excluding hydrogens is 254 g/mol. The number of aryl methyl sites for hydroxylation is 1. The van der Waals surface area contributed by atoms with Crippen molar-refractivity contribution in [3.63, 3.8) is 0 Å². The van der Waals surface area contributed by atoms with Crippen LogP contribution in [-0.2, 0) is 0 Å². The van der Waals surface area contributed by atoms with Gasteiger partial charge in [-0.25, -0.2) is 0 Å². The summed E-state index contributed by atoms with van der Waals surface area (Å²) >= 11 is 6.43. The predicted octanol–water partition coefficient (Wildman–Crippen LogP) is 5.44. The highest BCUT2D eigenvalue weighted by Crippen LogP contribution is 2.29. The molecule has 0 spiro atoms. The maximum Gasteiger partial charge on any atom is 0.0482 e. The van der Waals surface area contributed by atoms with E-state index in [9.17, 15) is 0 Å². The van der Waals surface area contributed by atoms with Gasteiger partial charge in [-0.15, -0.1) is 6.58 Å². The molecule has 1 rings (SSSR count). The Labute approximate surface area is 123 Å². The third-order valence-electron chi connectivity index (χ3n) is 3.45. The molecule has 0 aliphatic rings. The van der Waals surface area contributed by atoms with Crippen molar-refractivity contribution in [2.45, 2.75) is 52.0 Å². The van der Waals surface area contributed by atoms with Crippen LogP contribution < -0.4 is 5.32 Å². The largest absolute Gasteiger partial charge is 0.310 e. The standard InChI is InChI=1S/C17H26ClN/c1-4-6-7-8-9-13-16(19-5-2)15-12-10-11-14(3)17(15)18/h4,10-12,16,19H,1,5-9,13H2,2-3H3. The van der Waals surface area contributed by atoms with Crippen molar-refractivity contribution in [1.29, 1.82) is 0 Å². The summed E-state index contributed by atoms with van der Waals surface area (Å²) in [6.45, 7) is 8.95. The van der Waals surface area contributed by atoms with Crippen LogP contribution in [0.3, 0.4) is 0 Å². The number of allylic oxidation sites excluding steroid dienone is 1. The number of hydrogen-bond donors (Lipinski definition) is 1. The van der Waals surface area contributed by atoms with E-state index >= 15 is 0 Å². The van der Waals surface area contributed by atoms with Crippen LogP contribution in [0.2, 0.25) is 5.02 Å². The van der Waals surface area contributed by atoms with Crippen molar-refractivity contribution < 1.29 is 0 Å². The minimum atomic E-state index is 0.376. The van der Waals surface area contributed by atoms with Gasteiger partial charge in [0, 0.05) is 11.1 Å². The molecule has 0 radical (unpaired) electrons. The van der Waals surface area contributed by atoms with Crippen LogP contribution in [0, 0.1) is 6.92 Å². The second-order valence-corrected chi connectivity index (χ2v) is 5.39. The highest BCUT2D eigenvalue weighted by molar-refractivity contribution is 6.32. The molecule has 0 aliphatic carbocycles. The Morgan fingerprint density at radius 3 is 2.79 bits per heavy atom. The summed E-state index contributed by atoms with van der Waals surface area (Å²) in [5.74, 6) is 0. The van der Waals surface area contributed by atoms with Crippen molar-refractivity contribution in [3.8, 4) is 0 Å². The van der Waals surface area contributed by atoms with Crippen LogP contribution in [0.15, 0.2) is 30.9 Å². The lowest BCUT2D eigenvalue weighted by Crippen LogP contribution is -2.21. The van der Waals surface area contributed by atoms with Crippen molar-refractivity contribution in [2.24, 2.45) is 0 Å². The average Bonchev–Trinajstić information content (AvgIpc) is 2.41. The van der Waals surface area contributed by atoms with Gasteiger partial charge in [-0.2, -0.15) is 0 Å². The Hall–Kier alpha value is -0.790. The van der Waals surface area contributed by atoms with Gasteiger partial charge >= 0.3 is 0 Å². The third-order valence-corrected chi connectivity index (χ3v) is 3.96. The molecule has 1 unspecified atom stereocenters. The summed E-state index contributed by atoms with van der Waals surface area (Å²) in [5, 5.41) is 4.47. The van der Waals surface area contributed by atoms with Gasteiger partial charge in [0.15, 0.2) is 0 Å². The smallest absolute Gasteiger partial charge is 0.0482 e. The first-order valence-electron chi connectivity index (χ1n) is 7.30. The lowest BCUT2D eigenvalue weighted by Gasteiger charge is -2.20. The number of hydrogen-bond acceptors (Lipinski definition) is 1. The summed E-state index contributed by atoms with van der Waals surface area (Å²) in [6, 6.07) is 6.69. The highest BCUT2D eigenvalue weighted by Gasteiger charge is 2.14. The van der Waals surface area contributed by atoms with Crippen molar-refractivity contribution in [1.82, 2.24) is 5.32 Å². The zero-order valence-corrected chi connectivity index (χ0v) is 13.0. The summed E-state index contributed by atoms with van der Waals surface area (Å²) in [7, 11) is 0. The SMILES string of the molecule is C=CCCCCCC(NCC)c1cccc(C)c1Cl. The predicted molar refractivity (Wildman–Crippen MR) is 85.9 cm³/mol. The van der Waals surface area contributed by atoms with Gasteiger partial charge in [-0.05, 0) is 43.9 Å². The van der Waals surface area contributed by atoms with Gasteiger partial charge in [0.05, 0.1) is 0 Å². The number of unbranched alkanes of at least 4 members (excludes halogenated alkanes) is 3. The Bertz CT molecular complexity index is 387. The zero-order valence-electron chi connectivity index (χ0n) is 12.2. The molecule has 2 heteroatoms. The van der Waals surface area contributed by atoms with E-state index in [1.807, 2.05) is 6.08 Å². The molecule has 106 valence electrons. The molecule has 1 atom stereocenters. The number of rotatable bonds is 9. The zero-order chi connectivity index (χ0) is 14.1. The second-order valence-electron chi connectivity index (χ2n) is 5.02. The Morgan fingerprint density at radius 1 is 1.32 bits per heavy atom. The van der Waals surface area contributed by atoms with Gasteiger partial charge in [-0.1, -0.05) is 55.6 Å². The first-order valence-corrected chi connectivity index (χ1v) is 7.67. The lowest BCUT2D eigenvalue weighted by atomic mass is 9.98. The van der Waals surface area contributed by atoms with E-state index in [1.165, 1.54) is 24.8 Å². The molecule has 1 aromatic rings. The molecule has 0 saturated heterocycles. The molecule has 1 N–H and O–H groups in total. The molecule has 1 aromatic carbocycles. The molecule has 0 amide bonds. The summed E-state index contributed by atoms with van der Waals surface area (Å²) in [5.41, 5.74) is 2.40. The summed E-state index contributed by atoms with van der Waals surface area (Å²) < 4.78 is 0. The maximum atomic E-state index is 6.43. The highest BCUT2D eigenvalue weighted by atomic mass is 35.5. The van der Waals surface area contributed by atoms with E-state index in [0.717, 1.165) is 30.0 Å². The van der Waals surface area contributed by atoms with E-state index in [1.54, 1.807) is 0 Å². The first kappa shape index (κ1) is 16.3. The van der Waals surface area contributed by atoms with Gasteiger partial charge in [0.1, 0.15) is 0 Å². The Kier molecular flexibility index (Phi) is 7.85. The molecule has 0 heterocycles. The quantitative estimate of drug-likeness (QED) is 0.469. The van der Waals surface area contributed by atoms with E-state index in [-0.39, 0.29) is 0 Å². The number of benzene rings is 1. The fourth-order valence-corrected chi connectivity index (χ4v) is 2.62. The van der Waals surface area contributed by atoms with E-state index in [4.69, 9.17) is 11.6 Å². The summed E-state index contributed by atoms with van der Waals surface area (Å²) in [6.07, 6.45) is 8.00. The van der Waals surface area contributed by atoms with Crippen molar-refractivity contribution >= 4 is 11.6 Å². The van der Waals surface area contributed by atoms with Crippen LogP contribution in [0.25, 0.3) is 0 Å². The van der Waals surface area contributed by atoms with Gasteiger partial charge in [-0.3, -0.25) is 0 Å². The minimum Gasteiger partial charge on any atom is -0.310 e. The molecule has 0 aliphatic heterocycles. The molecule has 19 heavy (non-hydrogen) atoms. The van der Waals surface area contributed by atoms with Crippen molar-refractivity contribution in [2.75, 3.05) is 6.54 Å². The minimum absolute atomic E-state index is 0.376. The first-order chi connectivity index (χ1) is 9.20. The van der Waals surface area contributed by atoms with E-state index in [0.29, 0.717) is 6.04 Å². The fourth-order valence-electron chi connectivity index (χ4n) is 2.37. The molecular formula is C17H26ClN. The fraction of sp³-hybridized carbons (Fsp3) is 0.529. The summed E-state index contributed by atoms with van der Waals surface area (Å²) in [4.78, 5) is 0. The van der Waals surface area contributed by atoms with Crippen LogP contribution in [0.1, 0.15) is 56.2 Å². The van der Waals surface area contributed by atoms with Crippen LogP contribution >= 0.6 is 11.6 Å². The number of nitrogens with one attached hydrogen (secondary N) is 1. The van der Waals surface area contributed by atoms with Crippen molar-refractivity contribution in [3.05, 3.63) is 47.0 Å². The molecule has 0 bridgehead atoms. The maximum absolute atomic E-state index is 6.43. The van der Waals surface area contributed by atoms with E-state index < -0.39 is 0 Å². The van der Waals surface area contributed by atoms with Gasteiger partial charge in [0.2, 0.25) is 0 Å². The van der Waals surface area contributed by atoms with Crippen LogP contribution in [-0.4, -0.2) is 6.54 Å². The Balaban J connectivity index is 2.60. The molecule has 0 saturated carbocycles. The van der Waals surface area contributed by atoms with E-state index in [2.05, 4.69) is 43.9 Å². The normalized spacial score (nSPS) is 12.4. The average molecular weight is 280 g/mol. The van der Waals surface area contributed by atoms with Crippen LogP contribution in [0.5, 0.6) is 0 Å². The lowest BCUT2D eigenvalue weighted by molar-refractivity contribution is 0.483. The molecule has 0 aromatic heterocycles. The number of halogens is 1.